The molecule has 0 aromatic carbocycles. The molecule has 0 aromatic heterocycles. The quantitative estimate of drug-likeness (QED) is 0.594. The molecule has 0 aliphatic heterocycles. The van der Waals surface area contributed by atoms with Crippen LogP contribution in [-0.4, -0.2) is 23.8 Å². The molecule has 0 unspecified atom stereocenters. The number of esters is 1. The molecule has 3 heteroatoms. The van der Waals surface area contributed by atoms with Crippen LogP contribution in [0.3, 0.4) is 0 Å². The maximum atomic E-state index is 10.6. The van der Waals surface area contributed by atoms with Gasteiger partial charge in [0, 0.05) is 0 Å². The van der Waals surface area contributed by atoms with E-state index in [2.05, 4.69) is 0 Å². The van der Waals surface area contributed by atoms with Crippen LogP contribution in [0.15, 0.2) is 0 Å². The number of aliphatic hydroxyl groups is 1. The van der Waals surface area contributed by atoms with Gasteiger partial charge in [0.05, 0.1) is 19.1 Å². The molecular formula is C7H14O3. The van der Waals surface area contributed by atoms with Gasteiger partial charge in [0.2, 0.25) is 0 Å². The predicted molar refractivity (Wildman–Crippen MR) is 37.5 cm³/mol. The van der Waals surface area contributed by atoms with E-state index in [0.717, 1.165) is 6.42 Å². The van der Waals surface area contributed by atoms with Crippen LogP contribution in [-0.2, 0) is 9.53 Å². The summed E-state index contributed by atoms with van der Waals surface area (Å²) in [5.74, 6) is -0.322. The molecule has 3 nitrogen and oxygen atoms in total. The Morgan fingerprint density at radius 3 is 2.70 bits per heavy atom. The largest absolute Gasteiger partial charge is 0.466 e. The van der Waals surface area contributed by atoms with Crippen molar-refractivity contribution in [3.63, 3.8) is 0 Å². The van der Waals surface area contributed by atoms with Crippen molar-refractivity contribution < 1.29 is 14.6 Å². The SMILES string of the molecule is CCCOC(=O)C[C@@H](C)O. The van der Waals surface area contributed by atoms with E-state index in [4.69, 9.17) is 9.84 Å². The van der Waals surface area contributed by atoms with Gasteiger partial charge in [-0.05, 0) is 13.3 Å². The first-order chi connectivity index (χ1) is 4.66. The van der Waals surface area contributed by atoms with Gasteiger partial charge in [0.25, 0.3) is 0 Å². The summed E-state index contributed by atoms with van der Waals surface area (Å²) in [6.07, 6.45) is 0.329. The van der Waals surface area contributed by atoms with E-state index in [9.17, 15) is 4.79 Å². The standard InChI is InChI=1S/C7H14O3/c1-3-4-10-7(9)5-6(2)8/h6,8H,3-5H2,1-2H3/t6-/m1/s1. The third kappa shape index (κ3) is 5.56. The molecule has 0 heterocycles. The van der Waals surface area contributed by atoms with Crippen LogP contribution in [0.4, 0.5) is 0 Å². The summed E-state index contributed by atoms with van der Waals surface area (Å²) >= 11 is 0. The van der Waals surface area contributed by atoms with Gasteiger partial charge in [-0.15, -0.1) is 0 Å². The Labute approximate surface area is 61.0 Å². The zero-order chi connectivity index (χ0) is 7.98. The minimum atomic E-state index is -0.593. The highest BCUT2D eigenvalue weighted by atomic mass is 16.5. The van der Waals surface area contributed by atoms with Crippen LogP contribution in [0.1, 0.15) is 26.7 Å². The maximum Gasteiger partial charge on any atom is 0.308 e. The molecule has 0 saturated heterocycles. The van der Waals surface area contributed by atoms with Gasteiger partial charge in [-0.1, -0.05) is 6.92 Å². The van der Waals surface area contributed by atoms with Gasteiger partial charge < -0.3 is 9.84 Å². The number of hydrogen-bond acceptors (Lipinski definition) is 3. The lowest BCUT2D eigenvalue weighted by Crippen LogP contribution is -2.12. The Morgan fingerprint density at radius 2 is 2.30 bits per heavy atom. The second kappa shape index (κ2) is 5.23. The molecule has 0 spiro atoms. The van der Waals surface area contributed by atoms with Crippen molar-refractivity contribution in [2.75, 3.05) is 6.61 Å². The van der Waals surface area contributed by atoms with Crippen molar-refractivity contribution >= 4 is 5.97 Å². The number of hydrogen-bond donors (Lipinski definition) is 1. The smallest absolute Gasteiger partial charge is 0.308 e. The molecule has 0 radical (unpaired) electrons. The zero-order valence-electron chi connectivity index (χ0n) is 6.46. The third-order valence-electron chi connectivity index (χ3n) is 0.929. The number of carbonyl (C=O) groups excluding carboxylic acids is 1. The molecule has 0 aliphatic rings. The second-order valence-corrected chi connectivity index (χ2v) is 2.27. The van der Waals surface area contributed by atoms with Crippen molar-refractivity contribution in [3.05, 3.63) is 0 Å². The minimum absolute atomic E-state index is 0.0972. The fourth-order valence-electron chi connectivity index (χ4n) is 0.516. The molecule has 10 heavy (non-hydrogen) atoms. The van der Waals surface area contributed by atoms with Gasteiger partial charge in [0.15, 0.2) is 0 Å². The molecule has 60 valence electrons. The molecular weight excluding hydrogens is 132 g/mol. The Morgan fingerprint density at radius 1 is 1.70 bits per heavy atom. The monoisotopic (exact) mass is 146 g/mol. The summed E-state index contributed by atoms with van der Waals surface area (Å²) < 4.78 is 4.70. The van der Waals surface area contributed by atoms with E-state index < -0.39 is 6.10 Å². The molecule has 0 bridgehead atoms. The van der Waals surface area contributed by atoms with Crippen LogP contribution < -0.4 is 0 Å². The summed E-state index contributed by atoms with van der Waals surface area (Å²) in [5.41, 5.74) is 0. The van der Waals surface area contributed by atoms with Crippen molar-refractivity contribution in [3.8, 4) is 0 Å². The summed E-state index contributed by atoms with van der Waals surface area (Å²) in [4.78, 5) is 10.6. The first-order valence-corrected chi connectivity index (χ1v) is 3.50. The van der Waals surface area contributed by atoms with Gasteiger partial charge in [-0.3, -0.25) is 4.79 Å². The minimum Gasteiger partial charge on any atom is -0.466 e. The highest BCUT2D eigenvalue weighted by Crippen LogP contribution is 1.93. The molecule has 0 amide bonds. The molecule has 0 aliphatic carbocycles. The average molecular weight is 146 g/mol. The number of aliphatic hydroxyl groups excluding tert-OH is 1. The third-order valence-corrected chi connectivity index (χ3v) is 0.929. The van der Waals surface area contributed by atoms with E-state index in [1.165, 1.54) is 0 Å². The van der Waals surface area contributed by atoms with E-state index >= 15 is 0 Å². The van der Waals surface area contributed by atoms with E-state index in [1.807, 2.05) is 6.92 Å². The molecule has 0 rings (SSSR count). The van der Waals surface area contributed by atoms with Crippen LogP contribution >= 0.6 is 0 Å². The fraction of sp³-hybridized carbons (Fsp3) is 0.857. The first kappa shape index (κ1) is 9.43. The average Bonchev–Trinajstić information content (AvgIpc) is 1.82. The Balaban J connectivity index is 3.26. The lowest BCUT2D eigenvalue weighted by atomic mass is 10.3. The van der Waals surface area contributed by atoms with Crippen LogP contribution in [0, 0.1) is 0 Å². The Bertz CT molecular complexity index is 99.0. The van der Waals surface area contributed by atoms with Gasteiger partial charge in [0.1, 0.15) is 0 Å². The summed E-state index contributed by atoms with van der Waals surface area (Å²) in [6.45, 7) is 3.94. The van der Waals surface area contributed by atoms with Crippen molar-refractivity contribution in [2.45, 2.75) is 32.8 Å². The lowest BCUT2D eigenvalue weighted by Gasteiger charge is -2.03. The van der Waals surface area contributed by atoms with Crippen LogP contribution in [0.2, 0.25) is 0 Å². The zero-order valence-corrected chi connectivity index (χ0v) is 6.46. The van der Waals surface area contributed by atoms with Gasteiger partial charge in [-0.25, -0.2) is 0 Å². The summed E-state index contributed by atoms with van der Waals surface area (Å²) in [6, 6.07) is 0. The Kier molecular flexibility index (Phi) is 4.94. The number of carbonyl (C=O) groups is 1. The maximum absolute atomic E-state index is 10.6. The lowest BCUT2D eigenvalue weighted by molar-refractivity contribution is -0.145. The topological polar surface area (TPSA) is 46.5 Å². The number of ether oxygens (including phenoxy) is 1. The van der Waals surface area contributed by atoms with Crippen molar-refractivity contribution in [2.24, 2.45) is 0 Å². The van der Waals surface area contributed by atoms with E-state index in [-0.39, 0.29) is 12.4 Å². The van der Waals surface area contributed by atoms with Crippen LogP contribution in [0.5, 0.6) is 0 Å². The molecule has 0 aromatic rings. The first-order valence-electron chi connectivity index (χ1n) is 3.50. The Hall–Kier alpha value is -0.570. The molecule has 0 fully saturated rings. The predicted octanol–water partition coefficient (Wildman–Crippen LogP) is 0.710. The van der Waals surface area contributed by atoms with Crippen LogP contribution in [0.25, 0.3) is 0 Å². The van der Waals surface area contributed by atoms with Gasteiger partial charge in [-0.2, -0.15) is 0 Å². The normalized spacial score (nSPS) is 12.7. The summed E-state index contributed by atoms with van der Waals surface area (Å²) in [5, 5.41) is 8.72. The molecule has 1 atom stereocenters. The molecule has 0 saturated carbocycles. The van der Waals surface area contributed by atoms with E-state index in [1.54, 1.807) is 6.92 Å². The number of rotatable bonds is 4. The summed E-state index contributed by atoms with van der Waals surface area (Å²) in [7, 11) is 0. The fourth-order valence-corrected chi connectivity index (χ4v) is 0.516. The second-order valence-electron chi connectivity index (χ2n) is 2.27. The van der Waals surface area contributed by atoms with E-state index in [0.29, 0.717) is 6.61 Å². The molecule has 1 N–H and O–H groups in total. The highest BCUT2D eigenvalue weighted by Gasteiger charge is 2.05. The highest BCUT2D eigenvalue weighted by molar-refractivity contribution is 5.69. The van der Waals surface area contributed by atoms with Gasteiger partial charge >= 0.3 is 5.97 Å². The van der Waals surface area contributed by atoms with Crippen molar-refractivity contribution in [1.29, 1.82) is 0 Å². The van der Waals surface area contributed by atoms with Crippen molar-refractivity contribution in [1.82, 2.24) is 0 Å².